The molecule has 1 N–H and O–H groups in total. The van der Waals surface area contributed by atoms with E-state index in [0.29, 0.717) is 5.88 Å². The second kappa shape index (κ2) is 8.54. The number of hydrogen-bond donors (Lipinski definition) is 1. The van der Waals surface area contributed by atoms with E-state index in [2.05, 4.69) is 10.3 Å². The predicted molar refractivity (Wildman–Crippen MR) is 109 cm³/mol. The summed E-state index contributed by atoms with van der Waals surface area (Å²) in [7, 11) is 1.50. The number of hydrogen-bond acceptors (Lipinski definition) is 5. The normalized spacial score (nSPS) is 12.7. The van der Waals surface area contributed by atoms with Crippen molar-refractivity contribution < 1.29 is 27.9 Å². The fraction of sp³-hybridized carbons (Fsp3) is 0.130. The van der Waals surface area contributed by atoms with Gasteiger partial charge in [-0.3, -0.25) is 19.3 Å². The van der Waals surface area contributed by atoms with E-state index in [-0.39, 0.29) is 35.3 Å². The Morgan fingerprint density at radius 3 is 2.41 bits per heavy atom. The van der Waals surface area contributed by atoms with Crippen molar-refractivity contribution in [1.82, 2.24) is 15.2 Å². The van der Waals surface area contributed by atoms with Crippen LogP contribution in [0.1, 0.15) is 42.2 Å². The summed E-state index contributed by atoms with van der Waals surface area (Å²) in [5.41, 5.74) is 1.46. The van der Waals surface area contributed by atoms with E-state index in [0.717, 1.165) is 22.6 Å². The van der Waals surface area contributed by atoms with Crippen LogP contribution < -0.4 is 10.1 Å². The number of pyridine rings is 1. The molecule has 0 saturated heterocycles. The number of carbonyl (C=O) groups excluding carboxylic acids is 3. The summed E-state index contributed by atoms with van der Waals surface area (Å²) < 4.78 is 31.6. The maximum Gasteiger partial charge on any atom is 0.261 e. The Bertz CT molecular complexity index is 1230. The molecule has 9 heteroatoms. The Kier molecular flexibility index (Phi) is 5.63. The van der Waals surface area contributed by atoms with Crippen molar-refractivity contribution in [2.75, 3.05) is 7.11 Å². The number of imide groups is 1. The van der Waals surface area contributed by atoms with Crippen LogP contribution >= 0.6 is 0 Å². The summed E-state index contributed by atoms with van der Waals surface area (Å²) in [4.78, 5) is 42.9. The van der Waals surface area contributed by atoms with Crippen LogP contribution in [-0.4, -0.2) is 34.7 Å². The number of benzene rings is 2. The van der Waals surface area contributed by atoms with Crippen LogP contribution in [0.5, 0.6) is 5.88 Å². The molecule has 0 bridgehead atoms. The van der Waals surface area contributed by atoms with Crippen molar-refractivity contribution in [1.29, 1.82) is 0 Å². The van der Waals surface area contributed by atoms with Crippen LogP contribution in [0.2, 0.25) is 0 Å². The molecule has 0 unspecified atom stereocenters. The van der Waals surface area contributed by atoms with Gasteiger partial charge in [0.2, 0.25) is 5.88 Å². The molecule has 1 aliphatic heterocycles. The molecule has 0 saturated carbocycles. The number of methoxy groups -OCH3 is 1. The predicted octanol–water partition coefficient (Wildman–Crippen LogP) is 3.09. The lowest BCUT2D eigenvalue weighted by Crippen LogP contribution is -2.29. The second-order valence-electron chi connectivity index (χ2n) is 7.10. The first-order chi connectivity index (χ1) is 15.4. The number of halogens is 2. The number of amides is 3. The molecule has 4 rings (SSSR count). The van der Waals surface area contributed by atoms with Gasteiger partial charge in [-0.25, -0.2) is 13.8 Å². The molecule has 0 fully saturated rings. The fourth-order valence-corrected chi connectivity index (χ4v) is 3.32. The van der Waals surface area contributed by atoms with Crippen LogP contribution in [0.25, 0.3) is 0 Å². The molecule has 7 nitrogen and oxygen atoms in total. The molecule has 2 heterocycles. The van der Waals surface area contributed by atoms with Crippen LogP contribution in [0, 0.1) is 11.6 Å². The van der Waals surface area contributed by atoms with Crippen molar-refractivity contribution in [3.05, 3.63) is 94.2 Å². The van der Waals surface area contributed by atoms with Gasteiger partial charge >= 0.3 is 0 Å². The number of carbonyl (C=O) groups is 3. The Balaban J connectivity index is 1.47. The first kappa shape index (κ1) is 21.1. The smallest absolute Gasteiger partial charge is 0.261 e. The largest absolute Gasteiger partial charge is 0.481 e. The SMILES string of the molecule is COc1ccc(CNC(=O)c2ccc3c(c2)C(=O)N(Cc2ccc(F)c(F)c2)C3=O)cn1. The summed E-state index contributed by atoms with van der Waals surface area (Å²) in [6, 6.07) is 10.8. The number of ether oxygens (including phenoxy) is 1. The van der Waals surface area contributed by atoms with Gasteiger partial charge in [0.1, 0.15) is 0 Å². The van der Waals surface area contributed by atoms with Gasteiger partial charge in [0.05, 0.1) is 24.8 Å². The summed E-state index contributed by atoms with van der Waals surface area (Å²) in [5.74, 6) is -3.23. The lowest BCUT2D eigenvalue weighted by Gasteiger charge is -2.13. The van der Waals surface area contributed by atoms with Crippen LogP contribution in [0.4, 0.5) is 8.78 Å². The molecule has 3 aromatic rings. The topological polar surface area (TPSA) is 88.6 Å². The van der Waals surface area contributed by atoms with Crippen molar-refractivity contribution in [3.63, 3.8) is 0 Å². The highest BCUT2D eigenvalue weighted by molar-refractivity contribution is 6.22. The molecule has 0 atom stereocenters. The monoisotopic (exact) mass is 437 g/mol. The van der Waals surface area contributed by atoms with Gasteiger partial charge in [0.25, 0.3) is 17.7 Å². The van der Waals surface area contributed by atoms with Gasteiger partial charge in [-0.05, 0) is 41.5 Å². The first-order valence-corrected chi connectivity index (χ1v) is 9.58. The van der Waals surface area contributed by atoms with Crippen molar-refractivity contribution >= 4 is 17.7 Å². The standard InChI is InChI=1S/C23H17F2N3O4/c1-32-20-7-3-14(10-26-20)11-27-21(29)15-4-5-16-17(9-15)23(31)28(22(16)30)12-13-2-6-18(24)19(25)8-13/h2-10H,11-12H2,1H3,(H,27,29). The highest BCUT2D eigenvalue weighted by atomic mass is 19.2. The number of fused-ring (bicyclic) bond motifs is 1. The number of aromatic nitrogens is 1. The van der Waals surface area contributed by atoms with E-state index in [4.69, 9.17) is 4.74 Å². The molecule has 1 aromatic heterocycles. The second-order valence-corrected chi connectivity index (χ2v) is 7.10. The van der Waals surface area contributed by atoms with E-state index in [9.17, 15) is 23.2 Å². The molecule has 0 spiro atoms. The molecule has 1 aliphatic rings. The van der Waals surface area contributed by atoms with Gasteiger partial charge in [-0.2, -0.15) is 0 Å². The quantitative estimate of drug-likeness (QED) is 0.599. The Morgan fingerprint density at radius 1 is 0.969 bits per heavy atom. The van der Waals surface area contributed by atoms with E-state index in [1.807, 2.05) is 0 Å². The minimum absolute atomic E-state index is 0.0800. The molecule has 3 amide bonds. The highest BCUT2D eigenvalue weighted by Crippen LogP contribution is 2.26. The molecule has 0 aliphatic carbocycles. The van der Waals surface area contributed by atoms with Gasteiger partial charge in [-0.15, -0.1) is 0 Å². The van der Waals surface area contributed by atoms with E-state index in [1.54, 1.807) is 18.3 Å². The van der Waals surface area contributed by atoms with Gasteiger partial charge in [-0.1, -0.05) is 12.1 Å². The third kappa shape index (κ3) is 4.04. The van der Waals surface area contributed by atoms with Crippen molar-refractivity contribution in [3.8, 4) is 5.88 Å². The third-order valence-electron chi connectivity index (χ3n) is 5.02. The molecule has 32 heavy (non-hydrogen) atoms. The number of nitrogens with zero attached hydrogens (tertiary/aromatic N) is 2. The number of nitrogens with one attached hydrogen (secondary N) is 1. The zero-order valence-corrected chi connectivity index (χ0v) is 16.9. The molecule has 2 aromatic carbocycles. The van der Waals surface area contributed by atoms with Crippen LogP contribution in [0.15, 0.2) is 54.7 Å². The summed E-state index contributed by atoms with van der Waals surface area (Å²) in [6.07, 6.45) is 1.57. The van der Waals surface area contributed by atoms with Crippen molar-refractivity contribution in [2.24, 2.45) is 0 Å². The third-order valence-corrected chi connectivity index (χ3v) is 5.02. The lowest BCUT2D eigenvalue weighted by atomic mass is 10.1. The average molecular weight is 437 g/mol. The minimum atomic E-state index is -1.06. The highest BCUT2D eigenvalue weighted by Gasteiger charge is 2.36. The molecule has 162 valence electrons. The van der Waals surface area contributed by atoms with Crippen molar-refractivity contribution in [2.45, 2.75) is 13.1 Å². The van der Waals surface area contributed by atoms with E-state index < -0.39 is 29.4 Å². The summed E-state index contributed by atoms with van der Waals surface area (Å²) in [6.45, 7) is -0.00239. The Hall–Kier alpha value is -4.14. The molecular formula is C23H17F2N3O4. The zero-order valence-electron chi connectivity index (χ0n) is 16.9. The molecular weight excluding hydrogens is 420 g/mol. The lowest BCUT2D eigenvalue weighted by molar-refractivity contribution is 0.0642. The van der Waals surface area contributed by atoms with Gasteiger partial charge in [0, 0.05) is 24.4 Å². The maximum absolute atomic E-state index is 13.5. The van der Waals surface area contributed by atoms with E-state index in [1.165, 1.54) is 31.4 Å². The van der Waals surface area contributed by atoms with Gasteiger partial charge in [0.15, 0.2) is 11.6 Å². The summed E-state index contributed by atoms with van der Waals surface area (Å²) in [5, 5.41) is 2.73. The van der Waals surface area contributed by atoms with Crippen LogP contribution in [-0.2, 0) is 13.1 Å². The average Bonchev–Trinajstić information content (AvgIpc) is 3.04. The Morgan fingerprint density at radius 2 is 1.72 bits per heavy atom. The zero-order chi connectivity index (χ0) is 22.8. The fourth-order valence-electron chi connectivity index (χ4n) is 3.32. The van der Waals surface area contributed by atoms with Gasteiger partial charge < -0.3 is 10.1 Å². The number of rotatable bonds is 6. The van der Waals surface area contributed by atoms with E-state index >= 15 is 0 Å². The first-order valence-electron chi connectivity index (χ1n) is 9.58. The van der Waals surface area contributed by atoms with Crippen LogP contribution in [0.3, 0.4) is 0 Å². The Labute approximate surface area is 181 Å². The minimum Gasteiger partial charge on any atom is -0.481 e. The molecule has 0 radical (unpaired) electrons. The summed E-state index contributed by atoms with van der Waals surface area (Å²) >= 11 is 0. The maximum atomic E-state index is 13.5.